The number of nitrogens with two attached hydrogens (primary N) is 1. The maximum absolute atomic E-state index is 12.3. The molecule has 1 heterocycles. The maximum atomic E-state index is 12.3. The molecule has 2 rings (SSSR count). The quantitative estimate of drug-likeness (QED) is 0.0418. The number of Topliss-reactive ketones (excluding diaryl/α,β-unsaturated/α-hetero) is 2. The monoisotopic (exact) mass is 1110 g/mol. The number of carboxylic acid groups (broad SMARTS) is 2. The van der Waals surface area contributed by atoms with Gasteiger partial charge in [0.2, 0.25) is 39.6 Å². The van der Waals surface area contributed by atoms with Crippen LogP contribution in [0.1, 0.15) is 146 Å². The topological polar surface area (TPSA) is 416 Å². The zero-order valence-electron chi connectivity index (χ0n) is 44.4. The van der Waals surface area contributed by atoms with Gasteiger partial charge in [-0.15, -0.1) is 10.2 Å². The van der Waals surface area contributed by atoms with Gasteiger partial charge in [-0.25, -0.2) is 13.2 Å². The van der Waals surface area contributed by atoms with Crippen molar-refractivity contribution in [2.45, 2.75) is 148 Å². The predicted molar refractivity (Wildman–Crippen MR) is 279 cm³/mol. The number of aromatic nitrogens is 4. The summed E-state index contributed by atoms with van der Waals surface area (Å²) in [5.41, 5.74) is 6.94. The zero-order valence-corrected chi connectivity index (χ0v) is 45.2. The number of tetrazole rings is 1. The number of aliphatic carboxylic acids is 2. The molecule has 0 fully saturated rings. The Kier molecular flexibility index (Phi) is 35.7. The summed E-state index contributed by atoms with van der Waals surface area (Å²) < 4.78 is 36.1. The summed E-state index contributed by atoms with van der Waals surface area (Å²) in [6.07, 6.45) is 3.75. The van der Waals surface area contributed by atoms with E-state index in [1.54, 1.807) is 12.1 Å². The number of rotatable bonds is 43. The highest BCUT2D eigenvalue weighted by molar-refractivity contribution is 7.90. The minimum atomic E-state index is -3.93. The summed E-state index contributed by atoms with van der Waals surface area (Å²) in [5.74, 6) is -7.39. The SMILES string of the molecule is CCCNc1ccc(C(=O)NCCCC[C@H](NC(=O)COCCC)C(N)=O)cc1.COCCCC(=O)CCC(NC(=O)CC[C@H](CC(=O)CCCNC(=O)CCCS(=O)(=O)NC(=O)CCCc1nn[nH]n1)C(=O)O)C(=O)O. The fourth-order valence-electron chi connectivity index (χ4n) is 6.98. The van der Waals surface area contributed by atoms with E-state index in [4.69, 9.17) is 15.2 Å². The number of hydrogen-bond acceptors (Lipinski definition) is 18. The number of carbonyl (C=O) groups excluding carboxylic acids is 8. The second kappa shape index (κ2) is 40.3. The van der Waals surface area contributed by atoms with Gasteiger partial charge >= 0.3 is 11.9 Å². The van der Waals surface area contributed by atoms with Crippen LogP contribution in [-0.2, 0) is 69.1 Å². The molecule has 0 saturated carbocycles. The van der Waals surface area contributed by atoms with E-state index in [0.717, 1.165) is 25.1 Å². The Hall–Kier alpha value is -6.94. The summed E-state index contributed by atoms with van der Waals surface area (Å²) in [6, 6.07) is 5.29. The Bertz CT molecular complexity index is 2250. The van der Waals surface area contributed by atoms with Gasteiger partial charge in [0, 0.05) is 103 Å². The summed E-state index contributed by atoms with van der Waals surface area (Å²) in [6.45, 7) is 6.30. The molecule has 0 aliphatic rings. The molecule has 1 aromatic heterocycles. The van der Waals surface area contributed by atoms with Gasteiger partial charge in [-0.2, -0.15) is 5.21 Å². The number of aryl methyl sites for hydroxylation is 1. The number of amides is 6. The number of aromatic amines is 1. The highest BCUT2D eigenvalue weighted by Crippen LogP contribution is 2.15. The van der Waals surface area contributed by atoms with E-state index >= 15 is 0 Å². The highest BCUT2D eigenvalue weighted by Gasteiger charge is 2.25. The van der Waals surface area contributed by atoms with E-state index in [0.29, 0.717) is 69.7 Å². The number of nitrogens with zero attached hydrogens (tertiary/aromatic N) is 3. The molecule has 1 aromatic carbocycles. The van der Waals surface area contributed by atoms with Crippen LogP contribution < -0.4 is 37.0 Å². The number of ketones is 2. The van der Waals surface area contributed by atoms with Crippen LogP contribution in [0.25, 0.3) is 0 Å². The second-order valence-corrected chi connectivity index (χ2v) is 19.7. The van der Waals surface area contributed by atoms with Crippen LogP contribution in [-0.4, -0.2) is 163 Å². The number of nitrogens with one attached hydrogen (secondary N) is 7. The van der Waals surface area contributed by atoms with E-state index < -0.39 is 75.1 Å². The van der Waals surface area contributed by atoms with Crippen LogP contribution in [0.15, 0.2) is 24.3 Å². The minimum Gasteiger partial charge on any atom is -0.481 e. The Morgan fingerprint density at radius 3 is 2.00 bits per heavy atom. The third-order valence-electron chi connectivity index (χ3n) is 11.1. The number of methoxy groups -OCH3 is 1. The number of hydrogen-bond donors (Lipinski definition) is 10. The van der Waals surface area contributed by atoms with Gasteiger partial charge in [0.05, 0.1) is 11.7 Å². The van der Waals surface area contributed by atoms with Gasteiger partial charge in [-0.05, 0) is 94.9 Å². The van der Waals surface area contributed by atoms with Crippen LogP contribution in [0.4, 0.5) is 5.69 Å². The summed E-state index contributed by atoms with van der Waals surface area (Å²) in [4.78, 5) is 119. The molecule has 0 radical (unpaired) electrons. The molecule has 432 valence electrons. The molecule has 0 saturated heterocycles. The molecule has 0 aliphatic heterocycles. The Morgan fingerprint density at radius 2 is 1.36 bits per heavy atom. The van der Waals surface area contributed by atoms with Gasteiger partial charge in [0.15, 0.2) is 5.82 Å². The van der Waals surface area contributed by atoms with Crippen molar-refractivity contribution in [1.29, 1.82) is 0 Å². The van der Waals surface area contributed by atoms with Crippen molar-refractivity contribution in [1.82, 2.24) is 46.6 Å². The normalized spacial score (nSPS) is 12.1. The van der Waals surface area contributed by atoms with Crippen LogP contribution in [0.3, 0.4) is 0 Å². The van der Waals surface area contributed by atoms with Crippen molar-refractivity contribution in [3.63, 3.8) is 0 Å². The van der Waals surface area contributed by atoms with Crippen molar-refractivity contribution in [2.24, 2.45) is 11.7 Å². The lowest BCUT2D eigenvalue weighted by atomic mass is 9.95. The standard InChI is InChI=1S/C28H45N7O12S.C21H34N4O4/c1-47-16-4-7-20(36)12-13-22(28(43)44)30-25(39)14-11-19(27(41)42)18-21(37)6-3-15-29-24(38)10-5-17-48(45,46)33-26(40)9-2-8-23-31-34-35-32-23;1-3-12-23-17-10-8-16(9-11-17)21(28)24-13-6-5-7-18(20(22)27)25-19(26)15-29-14-4-2/h19,22H,2-18H2,1H3,(H,29,38)(H,30,39)(H,33,40)(H,41,42)(H,43,44)(H,31,32,34,35);8-11,18,23H,3-7,12-15H2,1-2H3,(H2,22,27)(H,24,28)(H,25,26)/t19-,22?;18-/m10/s1. The number of primary amides is 1. The first-order valence-electron chi connectivity index (χ1n) is 25.8. The predicted octanol–water partition coefficient (Wildman–Crippen LogP) is 1.24. The smallest absolute Gasteiger partial charge is 0.326 e. The first-order valence-corrected chi connectivity index (χ1v) is 27.4. The minimum absolute atomic E-state index is 0.0513. The highest BCUT2D eigenvalue weighted by atomic mass is 32.2. The molecule has 6 amide bonds. The average Bonchev–Trinajstić information content (AvgIpc) is 3.90. The second-order valence-electron chi connectivity index (χ2n) is 17.9. The van der Waals surface area contributed by atoms with Crippen LogP contribution in [0, 0.1) is 5.92 Å². The molecule has 27 nitrogen and oxygen atoms in total. The van der Waals surface area contributed by atoms with E-state index in [2.05, 4.69) is 54.1 Å². The molecule has 3 atom stereocenters. The third kappa shape index (κ3) is 34.4. The summed E-state index contributed by atoms with van der Waals surface area (Å²) >= 11 is 0. The fraction of sp³-hybridized carbons (Fsp3) is 0.653. The van der Waals surface area contributed by atoms with Crippen LogP contribution in [0.5, 0.6) is 0 Å². The molecule has 77 heavy (non-hydrogen) atoms. The molecular formula is C49H79N11O16S. The number of unbranched alkanes of at least 4 members (excludes halogenated alkanes) is 1. The van der Waals surface area contributed by atoms with E-state index in [1.807, 2.05) is 23.8 Å². The number of carboxylic acids is 2. The van der Waals surface area contributed by atoms with Gasteiger partial charge in [-0.3, -0.25) is 47.9 Å². The summed E-state index contributed by atoms with van der Waals surface area (Å²) in [7, 11) is -2.44. The molecule has 1 unspecified atom stereocenters. The Labute approximate surface area is 448 Å². The average molecular weight is 1110 g/mol. The van der Waals surface area contributed by atoms with E-state index in [9.17, 15) is 66.6 Å². The lowest BCUT2D eigenvalue weighted by Gasteiger charge is -2.16. The zero-order chi connectivity index (χ0) is 57.4. The first kappa shape index (κ1) is 68.1. The number of carbonyl (C=O) groups is 10. The molecule has 0 aliphatic carbocycles. The summed E-state index contributed by atoms with van der Waals surface area (Å²) in [5, 5.41) is 45.5. The number of benzene rings is 1. The van der Waals surface area contributed by atoms with E-state index in [-0.39, 0.29) is 101 Å². The number of ether oxygens (including phenoxy) is 2. The third-order valence-corrected chi connectivity index (χ3v) is 12.5. The fourth-order valence-corrected chi connectivity index (χ4v) is 8.05. The first-order chi connectivity index (χ1) is 36.7. The Balaban J connectivity index is 0.000000870. The van der Waals surface area contributed by atoms with Crippen molar-refractivity contribution in [2.75, 3.05) is 57.6 Å². The van der Waals surface area contributed by atoms with Gasteiger partial charge in [0.1, 0.15) is 30.3 Å². The molecular weight excluding hydrogens is 1030 g/mol. The van der Waals surface area contributed by atoms with Crippen molar-refractivity contribution in [3.8, 4) is 0 Å². The molecule has 0 bridgehead atoms. The van der Waals surface area contributed by atoms with Gasteiger partial charge < -0.3 is 52.0 Å². The van der Waals surface area contributed by atoms with Crippen LogP contribution in [0.2, 0.25) is 0 Å². The number of anilines is 1. The molecule has 28 heteroatoms. The number of H-pyrrole nitrogens is 1. The lowest BCUT2D eigenvalue weighted by molar-refractivity contribution is -0.145. The van der Waals surface area contributed by atoms with Gasteiger partial charge in [-0.1, -0.05) is 19.1 Å². The van der Waals surface area contributed by atoms with Crippen molar-refractivity contribution >= 4 is 74.7 Å². The maximum Gasteiger partial charge on any atom is 0.326 e. The largest absolute Gasteiger partial charge is 0.481 e. The van der Waals surface area contributed by atoms with Crippen molar-refractivity contribution in [3.05, 3.63) is 35.7 Å². The van der Waals surface area contributed by atoms with Gasteiger partial charge in [0.25, 0.3) is 5.91 Å². The molecule has 2 aromatic rings. The van der Waals surface area contributed by atoms with E-state index in [1.165, 1.54) is 7.11 Å². The van der Waals surface area contributed by atoms with Crippen molar-refractivity contribution < 1.29 is 76.0 Å². The van der Waals surface area contributed by atoms with Crippen LogP contribution >= 0.6 is 0 Å². The number of sulfonamides is 1. The Morgan fingerprint density at radius 1 is 0.675 bits per heavy atom. The molecule has 0 spiro atoms. The lowest BCUT2D eigenvalue weighted by Crippen LogP contribution is -2.45. The molecule has 11 N–H and O–H groups in total.